The van der Waals surface area contributed by atoms with Crippen molar-refractivity contribution in [2.24, 2.45) is 0 Å². The smallest absolute Gasteiger partial charge is 0.337 e. The summed E-state index contributed by atoms with van der Waals surface area (Å²) in [7, 11) is 1.35. The van der Waals surface area contributed by atoms with Crippen molar-refractivity contribution >= 4 is 17.7 Å². The molecule has 0 saturated carbocycles. The summed E-state index contributed by atoms with van der Waals surface area (Å²) in [5.74, 6) is -0.0508. The first-order chi connectivity index (χ1) is 12.6. The Labute approximate surface area is 154 Å². The van der Waals surface area contributed by atoms with Crippen LogP contribution < -0.4 is 5.32 Å². The molecule has 1 unspecified atom stereocenters. The van der Waals surface area contributed by atoms with Crippen LogP contribution in [0.4, 0.5) is 10.5 Å². The van der Waals surface area contributed by atoms with Crippen LogP contribution in [0.1, 0.15) is 40.2 Å². The molecule has 2 aromatic carbocycles. The van der Waals surface area contributed by atoms with Crippen LogP contribution in [-0.4, -0.2) is 37.1 Å². The van der Waals surface area contributed by atoms with E-state index < -0.39 is 5.97 Å². The number of piperidine rings is 1. The summed E-state index contributed by atoms with van der Waals surface area (Å²) >= 11 is 0. The van der Waals surface area contributed by atoms with Gasteiger partial charge >= 0.3 is 12.0 Å². The molecule has 1 heterocycles. The summed E-state index contributed by atoms with van der Waals surface area (Å²) in [5, 5.41) is 2.92. The van der Waals surface area contributed by atoms with Crippen molar-refractivity contribution in [1.82, 2.24) is 4.90 Å². The molecule has 0 spiro atoms. The van der Waals surface area contributed by atoms with Crippen LogP contribution >= 0.6 is 0 Å². The van der Waals surface area contributed by atoms with Crippen molar-refractivity contribution in [2.45, 2.75) is 25.7 Å². The van der Waals surface area contributed by atoms with E-state index in [1.54, 1.807) is 12.1 Å². The average Bonchev–Trinajstić information content (AvgIpc) is 2.67. The Bertz CT molecular complexity index is 789. The van der Waals surface area contributed by atoms with Gasteiger partial charge in [-0.25, -0.2) is 9.59 Å². The highest BCUT2D eigenvalue weighted by atomic mass is 16.5. The molecule has 2 aromatic rings. The molecule has 1 N–H and O–H groups in total. The second-order valence-corrected chi connectivity index (χ2v) is 6.71. The predicted octanol–water partition coefficient (Wildman–Crippen LogP) is 4.19. The first-order valence-corrected chi connectivity index (χ1v) is 8.87. The number of rotatable bonds is 3. The van der Waals surface area contributed by atoms with E-state index >= 15 is 0 Å². The summed E-state index contributed by atoms with van der Waals surface area (Å²) in [4.78, 5) is 26.3. The van der Waals surface area contributed by atoms with E-state index in [9.17, 15) is 9.59 Å². The standard InChI is InChI=1S/C21H24N2O3/c1-15-11-18(20(24)26-2)13-19(12-15)22-21(25)23-10-6-9-17(14-23)16-7-4-3-5-8-16/h3-5,7-8,11-13,17H,6,9-10,14H2,1-2H3,(H,22,25). The highest BCUT2D eigenvalue weighted by Crippen LogP contribution is 2.27. The van der Waals surface area contributed by atoms with E-state index in [0.717, 1.165) is 24.9 Å². The lowest BCUT2D eigenvalue weighted by Gasteiger charge is -2.33. The number of nitrogens with one attached hydrogen (secondary N) is 1. The maximum atomic E-state index is 12.7. The van der Waals surface area contributed by atoms with Crippen LogP contribution in [0.3, 0.4) is 0 Å². The third-order valence-electron chi connectivity index (χ3n) is 4.73. The first kappa shape index (κ1) is 18.0. The molecule has 5 heteroatoms. The minimum absolute atomic E-state index is 0.132. The third kappa shape index (κ3) is 4.23. The van der Waals surface area contributed by atoms with Gasteiger partial charge in [0.25, 0.3) is 0 Å². The van der Waals surface area contributed by atoms with Crippen molar-refractivity contribution in [2.75, 3.05) is 25.5 Å². The van der Waals surface area contributed by atoms with E-state index in [-0.39, 0.29) is 6.03 Å². The summed E-state index contributed by atoms with van der Waals surface area (Å²) in [6.07, 6.45) is 2.07. The summed E-state index contributed by atoms with van der Waals surface area (Å²) < 4.78 is 4.77. The first-order valence-electron chi connectivity index (χ1n) is 8.87. The van der Waals surface area contributed by atoms with Crippen LogP contribution in [0.5, 0.6) is 0 Å². The number of amides is 2. The molecular formula is C21H24N2O3. The van der Waals surface area contributed by atoms with Gasteiger partial charge in [0.05, 0.1) is 12.7 Å². The maximum absolute atomic E-state index is 12.7. The quantitative estimate of drug-likeness (QED) is 0.843. The number of aryl methyl sites for hydroxylation is 1. The Morgan fingerprint density at radius 2 is 1.92 bits per heavy atom. The average molecular weight is 352 g/mol. The van der Waals surface area contributed by atoms with Gasteiger partial charge in [-0.15, -0.1) is 0 Å². The van der Waals surface area contributed by atoms with Crippen molar-refractivity contribution in [3.05, 3.63) is 65.2 Å². The Morgan fingerprint density at radius 3 is 2.65 bits per heavy atom. The lowest BCUT2D eigenvalue weighted by atomic mass is 9.91. The number of carbonyl (C=O) groups is 2. The number of ether oxygens (including phenoxy) is 1. The number of hydrogen-bond donors (Lipinski definition) is 1. The molecule has 1 saturated heterocycles. The van der Waals surface area contributed by atoms with Crippen molar-refractivity contribution in [3.63, 3.8) is 0 Å². The van der Waals surface area contributed by atoms with E-state index in [0.29, 0.717) is 23.7 Å². The van der Waals surface area contributed by atoms with Gasteiger partial charge in [0, 0.05) is 24.7 Å². The Balaban J connectivity index is 1.70. The number of urea groups is 1. The van der Waals surface area contributed by atoms with E-state index in [1.807, 2.05) is 36.1 Å². The lowest BCUT2D eigenvalue weighted by molar-refractivity contribution is 0.0600. The normalized spacial score (nSPS) is 16.8. The van der Waals surface area contributed by atoms with Crippen molar-refractivity contribution in [3.8, 4) is 0 Å². The highest BCUT2D eigenvalue weighted by Gasteiger charge is 2.24. The molecule has 1 aliphatic rings. The van der Waals surface area contributed by atoms with Gasteiger partial charge in [0.1, 0.15) is 0 Å². The molecule has 2 amide bonds. The fourth-order valence-electron chi connectivity index (χ4n) is 3.45. The zero-order valence-electron chi connectivity index (χ0n) is 15.2. The van der Waals surface area contributed by atoms with Crippen LogP contribution in [0.2, 0.25) is 0 Å². The molecule has 5 nitrogen and oxygen atoms in total. The van der Waals surface area contributed by atoms with Gasteiger partial charge in [-0.2, -0.15) is 0 Å². The molecule has 0 bridgehead atoms. The predicted molar refractivity (Wildman–Crippen MR) is 102 cm³/mol. The van der Waals surface area contributed by atoms with Gasteiger partial charge in [-0.05, 0) is 49.1 Å². The fraction of sp³-hybridized carbons (Fsp3) is 0.333. The number of benzene rings is 2. The van der Waals surface area contributed by atoms with Gasteiger partial charge in [-0.1, -0.05) is 30.3 Å². The van der Waals surface area contributed by atoms with Crippen molar-refractivity contribution in [1.29, 1.82) is 0 Å². The SMILES string of the molecule is COC(=O)c1cc(C)cc(NC(=O)N2CCCC(c3ccccc3)C2)c1. The molecule has 1 atom stereocenters. The largest absolute Gasteiger partial charge is 0.465 e. The lowest BCUT2D eigenvalue weighted by Crippen LogP contribution is -2.41. The van der Waals surface area contributed by atoms with Crippen molar-refractivity contribution < 1.29 is 14.3 Å². The van der Waals surface area contributed by atoms with E-state index in [1.165, 1.54) is 12.7 Å². The van der Waals surface area contributed by atoms with E-state index in [4.69, 9.17) is 4.74 Å². The Morgan fingerprint density at radius 1 is 1.15 bits per heavy atom. The molecule has 136 valence electrons. The van der Waals surface area contributed by atoms with Crippen LogP contribution in [0, 0.1) is 6.92 Å². The van der Waals surface area contributed by atoms with Crippen LogP contribution in [-0.2, 0) is 4.74 Å². The molecule has 0 radical (unpaired) electrons. The van der Waals surface area contributed by atoms with Gasteiger partial charge in [-0.3, -0.25) is 0 Å². The second-order valence-electron chi connectivity index (χ2n) is 6.71. The maximum Gasteiger partial charge on any atom is 0.337 e. The molecule has 1 fully saturated rings. The van der Waals surface area contributed by atoms with Gasteiger partial charge in [0.2, 0.25) is 0 Å². The Kier molecular flexibility index (Phi) is 5.56. The minimum atomic E-state index is -0.411. The minimum Gasteiger partial charge on any atom is -0.465 e. The molecule has 3 rings (SSSR count). The fourth-order valence-corrected chi connectivity index (χ4v) is 3.45. The van der Waals surface area contributed by atoms with E-state index in [2.05, 4.69) is 17.4 Å². The number of hydrogen-bond acceptors (Lipinski definition) is 3. The van der Waals surface area contributed by atoms with Crippen LogP contribution in [0.15, 0.2) is 48.5 Å². The summed E-state index contributed by atoms with van der Waals surface area (Å²) in [5.41, 5.74) is 3.21. The summed E-state index contributed by atoms with van der Waals surface area (Å²) in [6, 6.07) is 15.4. The number of nitrogens with zero attached hydrogens (tertiary/aromatic N) is 1. The Hall–Kier alpha value is -2.82. The molecular weight excluding hydrogens is 328 g/mol. The highest BCUT2D eigenvalue weighted by molar-refractivity contribution is 5.94. The number of anilines is 1. The molecule has 0 aliphatic carbocycles. The number of likely N-dealkylation sites (tertiary alicyclic amines) is 1. The second kappa shape index (κ2) is 8.04. The number of carbonyl (C=O) groups excluding carboxylic acids is 2. The molecule has 0 aromatic heterocycles. The third-order valence-corrected chi connectivity index (χ3v) is 4.73. The number of methoxy groups -OCH3 is 1. The molecule has 1 aliphatic heterocycles. The van der Waals surface area contributed by atoms with Gasteiger partial charge < -0.3 is 15.0 Å². The van der Waals surface area contributed by atoms with Crippen LogP contribution in [0.25, 0.3) is 0 Å². The monoisotopic (exact) mass is 352 g/mol. The molecule has 26 heavy (non-hydrogen) atoms. The summed E-state index contributed by atoms with van der Waals surface area (Å²) in [6.45, 7) is 3.32. The number of esters is 1. The van der Waals surface area contributed by atoms with Gasteiger partial charge in [0.15, 0.2) is 0 Å². The zero-order chi connectivity index (χ0) is 18.5. The topological polar surface area (TPSA) is 58.6 Å². The zero-order valence-corrected chi connectivity index (χ0v) is 15.2.